The second kappa shape index (κ2) is 9.68. The van der Waals surface area contributed by atoms with Crippen molar-refractivity contribution in [3.63, 3.8) is 0 Å². The molecule has 1 amide bonds. The Hall–Kier alpha value is -3.66. The molecule has 1 N–H and O–H groups in total. The zero-order chi connectivity index (χ0) is 24.3. The lowest BCUT2D eigenvalue weighted by atomic mass is 9.86. The van der Waals surface area contributed by atoms with Crippen LogP contribution in [0.5, 0.6) is 0 Å². The number of carbonyl (C=O) groups is 1. The third-order valence-electron chi connectivity index (χ3n) is 6.28. The van der Waals surface area contributed by atoms with Crippen molar-refractivity contribution >= 4 is 5.91 Å². The Labute approximate surface area is 202 Å². The minimum atomic E-state index is -0.122. The number of nitrogens with zero attached hydrogens (tertiary/aromatic N) is 2. The van der Waals surface area contributed by atoms with Gasteiger partial charge in [0.25, 0.3) is 5.91 Å². The standard InChI is InChI=1S/C30H33N3O/c1-6-25(21-13-9-7-10-14-21)31-29(34)27-26(22-17-19-24(20-18-22)30(2,3)4)32-28(33(27)5)23-15-11-8-12-16-23/h7-20,25H,6H2,1-5H3,(H,31,34). The second-order valence-corrected chi connectivity index (χ2v) is 9.73. The monoisotopic (exact) mass is 451 g/mol. The average molecular weight is 452 g/mol. The molecule has 0 saturated heterocycles. The fraction of sp³-hybridized carbons (Fsp3) is 0.267. The molecular formula is C30H33N3O. The number of hydrogen-bond acceptors (Lipinski definition) is 2. The van der Waals surface area contributed by atoms with Crippen molar-refractivity contribution in [3.8, 4) is 22.6 Å². The summed E-state index contributed by atoms with van der Waals surface area (Å²) in [4.78, 5) is 18.7. The molecule has 4 nitrogen and oxygen atoms in total. The van der Waals surface area contributed by atoms with Crippen molar-refractivity contribution in [3.05, 3.63) is 102 Å². The third-order valence-corrected chi connectivity index (χ3v) is 6.28. The number of carbonyl (C=O) groups excluding carboxylic acids is 1. The van der Waals surface area contributed by atoms with E-state index >= 15 is 0 Å². The number of rotatable bonds is 6. The maximum absolute atomic E-state index is 13.7. The number of nitrogens with one attached hydrogen (secondary N) is 1. The third kappa shape index (κ3) is 4.81. The van der Waals surface area contributed by atoms with Gasteiger partial charge in [0.05, 0.1) is 6.04 Å². The quantitative estimate of drug-likeness (QED) is 0.345. The van der Waals surface area contributed by atoms with E-state index < -0.39 is 0 Å². The summed E-state index contributed by atoms with van der Waals surface area (Å²) in [5.74, 6) is 0.649. The minimum Gasteiger partial charge on any atom is -0.344 e. The lowest BCUT2D eigenvalue weighted by Gasteiger charge is -2.19. The molecule has 1 heterocycles. The number of amides is 1. The molecule has 0 aliphatic carbocycles. The van der Waals surface area contributed by atoms with E-state index in [2.05, 4.69) is 69.4 Å². The first kappa shape index (κ1) is 23.5. The Kier molecular flexibility index (Phi) is 6.69. The maximum Gasteiger partial charge on any atom is 0.270 e. The Morgan fingerprint density at radius 2 is 1.47 bits per heavy atom. The van der Waals surface area contributed by atoms with Crippen LogP contribution in [0, 0.1) is 0 Å². The first-order valence-corrected chi connectivity index (χ1v) is 11.9. The molecule has 4 aromatic rings. The van der Waals surface area contributed by atoms with E-state index in [9.17, 15) is 4.79 Å². The molecule has 4 rings (SSSR count). The van der Waals surface area contributed by atoms with Gasteiger partial charge in [-0.25, -0.2) is 4.98 Å². The smallest absolute Gasteiger partial charge is 0.270 e. The maximum atomic E-state index is 13.7. The van der Waals surface area contributed by atoms with Crippen LogP contribution >= 0.6 is 0 Å². The van der Waals surface area contributed by atoms with Gasteiger partial charge in [-0.15, -0.1) is 0 Å². The van der Waals surface area contributed by atoms with E-state index in [0.29, 0.717) is 11.4 Å². The predicted octanol–water partition coefficient (Wildman–Crippen LogP) is 6.93. The Balaban J connectivity index is 1.78. The van der Waals surface area contributed by atoms with Crippen molar-refractivity contribution in [2.75, 3.05) is 0 Å². The molecule has 34 heavy (non-hydrogen) atoms. The lowest BCUT2D eigenvalue weighted by Crippen LogP contribution is -2.30. The van der Waals surface area contributed by atoms with Crippen LogP contribution in [0.3, 0.4) is 0 Å². The van der Waals surface area contributed by atoms with Crippen molar-refractivity contribution in [2.24, 2.45) is 7.05 Å². The number of imidazole rings is 1. The van der Waals surface area contributed by atoms with E-state index in [4.69, 9.17) is 4.98 Å². The summed E-state index contributed by atoms with van der Waals surface area (Å²) >= 11 is 0. The van der Waals surface area contributed by atoms with E-state index in [1.165, 1.54) is 5.56 Å². The van der Waals surface area contributed by atoms with Crippen LogP contribution in [-0.2, 0) is 12.5 Å². The normalized spacial score (nSPS) is 12.4. The van der Waals surface area contributed by atoms with Crippen molar-refractivity contribution in [1.82, 2.24) is 14.9 Å². The molecule has 174 valence electrons. The molecule has 1 unspecified atom stereocenters. The summed E-state index contributed by atoms with van der Waals surface area (Å²) in [6.07, 6.45) is 0.800. The van der Waals surface area contributed by atoms with E-state index in [0.717, 1.165) is 28.9 Å². The molecule has 0 aliphatic heterocycles. The van der Waals surface area contributed by atoms with Gasteiger partial charge in [-0.3, -0.25) is 4.79 Å². The van der Waals surface area contributed by atoms with Crippen LogP contribution in [-0.4, -0.2) is 15.5 Å². The van der Waals surface area contributed by atoms with Crippen LogP contribution in [0.4, 0.5) is 0 Å². The van der Waals surface area contributed by atoms with Gasteiger partial charge in [-0.1, -0.05) is 113 Å². The Morgan fingerprint density at radius 3 is 2.03 bits per heavy atom. The zero-order valence-corrected chi connectivity index (χ0v) is 20.7. The molecule has 1 atom stereocenters. The van der Waals surface area contributed by atoms with Crippen LogP contribution in [0.15, 0.2) is 84.9 Å². The average Bonchev–Trinajstić information content (AvgIpc) is 3.20. The van der Waals surface area contributed by atoms with Crippen LogP contribution < -0.4 is 5.32 Å². The van der Waals surface area contributed by atoms with Gasteiger partial charge in [0, 0.05) is 18.2 Å². The molecule has 1 aromatic heterocycles. The SMILES string of the molecule is CCC(NC(=O)c1c(-c2ccc(C(C)(C)C)cc2)nc(-c2ccccc2)n1C)c1ccccc1. The summed E-state index contributed by atoms with van der Waals surface area (Å²) < 4.78 is 1.91. The minimum absolute atomic E-state index is 0.0576. The van der Waals surface area contributed by atoms with Gasteiger partial charge in [0.1, 0.15) is 17.2 Å². The van der Waals surface area contributed by atoms with Gasteiger partial charge in [0.2, 0.25) is 0 Å². The van der Waals surface area contributed by atoms with Crippen LogP contribution in [0.2, 0.25) is 0 Å². The highest BCUT2D eigenvalue weighted by molar-refractivity contribution is 5.99. The fourth-order valence-corrected chi connectivity index (χ4v) is 4.27. The van der Waals surface area contributed by atoms with Gasteiger partial charge in [-0.2, -0.15) is 0 Å². The molecule has 0 aliphatic rings. The highest BCUT2D eigenvalue weighted by Gasteiger charge is 2.25. The van der Waals surface area contributed by atoms with Gasteiger partial charge < -0.3 is 9.88 Å². The van der Waals surface area contributed by atoms with Crippen molar-refractivity contribution in [1.29, 1.82) is 0 Å². The number of aromatic nitrogens is 2. The van der Waals surface area contributed by atoms with Crippen LogP contribution in [0.1, 0.15) is 61.8 Å². The summed E-state index contributed by atoms with van der Waals surface area (Å²) in [6, 6.07) is 28.5. The molecule has 4 heteroatoms. The fourth-order valence-electron chi connectivity index (χ4n) is 4.27. The van der Waals surface area contributed by atoms with E-state index in [1.807, 2.05) is 60.1 Å². The molecule has 0 fully saturated rings. The van der Waals surface area contributed by atoms with Gasteiger partial charge in [0.15, 0.2) is 0 Å². The number of hydrogen-bond donors (Lipinski definition) is 1. The van der Waals surface area contributed by atoms with Crippen molar-refractivity contribution < 1.29 is 4.79 Å². The Morgan fingerprint density at radius 1 is 0.882 bits per heavy atom. The van der Waals surface area contributed by atoms with Crippen molar-refractivity contribution in [2.45, 2.75) is 45.6 Å². The van der Waals surface area contributed by atoms with E-state index in [1.54, 1.807) is 0 Å². The van der Waals surface area contributed by atoms with Gasteiger partial charge in [-0.05, 0) is 23.0 Å². The summed E-state index contributed by atoms with van der Waals surface area (Å²) in [6.45, 7) is 8.68. The highest BCUT2D eigenvalue weighted by atomic mass is 16.2. The first-order valence-electron chi connectivity index (χ1n) is 11.9. The highest BCUT2D eigenvalue weighted by Crippen LogP contribution is 2.31. The largest absolute Gasteiger partial charge is 0.344 e. The second-order valence-electron chi connectivity index (χ2n) is 9.73. The summed E-state index contributed by atoms with van der Waals surface area (Å²) in [7, 11) is 1.92. The topological polar surface area (TPSA) is 46.9 Å². The molecule has 0 spiro atoms. The first-order chi connectivity index (χ1) is 16.3. The van der Waals surface area contributed by atoms with E-state index in [-0.39, 0.29) is 17.4 Å². The Bertz CT molecular complexity index is 1250. The van der Waals surface area contributed by atoms with Crippen LogP contribution in [0.25, 0.3) is 22.6 Å². The molecule has 0 saturated carbocycles. The number of benzene rings is 3. The molecular weight excluding hydrogens is 418 g/mol. The lowest BCUT2D eigenvalue weighted by molar-refractivity contribution is 0.0928. The summed E-state index contributed by atoms with van der Waals surface area (Å²) in [5.41, 5.74) is 5.58. The van der Waals surface area contributed by atoms with Gasteiger partial charge >= 0.3 is 0 Å². The molecule has 0 radical (unpaired) electrons. The zero-order valence-electron chi connectivity index (χ0n) is 20.7. The predicted molar refractivity (Wildman–Crippen MR) is 140 cm³/mol. The summed E-state index contributed by atoms with van der Waals surface area (Å²) in [5, 5.41) is 3.25. The molecule has 3 aromatic carbocycles. The molecule has 0 bridgehead atoms.